The molecule has 0 atom stereocenters. The van der Waals surface area contributed by atoms with Crippen LogP contribution in [0.1, 0.15) is 56.6 Å². The van der Waals surface area contributed by atoms with Gasteiger partial charge in [-0.2, -0.15) is 13.2 Å². The Morgan fingerprint density at radius 1 is 1.03 bits per heavy atom. The van der Waals surface area contributed by atoms with E-state index in [-0.39, 0.29) is 16.8 Å². The van der Waals surface area contributed by atoms with E-state index in [1.54, 1.807) is 6.08 Å². The van der Waals surface area contributed by atoms with Gasteiger partial charge in [0, 0.05) is 0 Å². The first-order valence-corrected chi connectivity index (χ1v) is 11.9. The molecule has 2 aromatic carbocycles. The van der Waals surface area contributed by atoms with Crippen molar-refractivity contribution in [2.45, 2.75) is 51.6 Å². The Bertz CT molecular complexity index is 1000. The van der Waals surface area contributed by atoms with Crippen LogP contribution in [-0.2, 0) is 11.0 Å². The van der Waals surface area contributed by atoms with Crippen LogP contribution >= 0.6 is 11.8 Å². The lowest BCUT2D eigenvalue weighted by molar-refractivity contribution is -0.137. The molecule has 1 heterocycles. The molecule has 1 fully saturated rings. The third kappa shape index (κ3) is 7.96. The maximum Gasteiger partial charge on any atom is 0.416 e. The van der Waals surface area contributed by atoms with Crippen LogP contribution in [-0.4, -0.2) is 17.7 Å². The molecule has 1 aliphatic rings. The van der Waals surface area contributed by atoms with Gasteiger partial charge in [-0.3, -0.25) is 4.79 Å². The number of aliphatic imine (C=N–C) groups is 1. The second-order valence-electron chi connectivity index (χ2n) is 7.72. The van der Waals surface area contributed by atoms with E-state index in [1.807, 2.05) is 24.3 Å². The zero-order chi connectivity index (χ0) is 23.7. The lowest BCUT2D eigenvalue weighted by Gasteiger charge is -2.06. The van der Waals surface area contributed by atoms with Crippen molar-refractivity contribution < 1.29 is 22.7 Å². The molecule has 176 valence electrons. The summed E-state index contributed by atoms with van der Waals surface area (Å²) < 4.78 is 44.4. The van der Waals surface area contributed by atoms with Crippen molar-refractivity contribution in [1.29, 1.82) is 0 Å². The molecule has 0 bridgehead atoms. The fourth-order valence-corrected chi connectivity index (χ4v) is 4.08. The molecule has 33 heavy (non-hydrogen) atoms. The van der Waals surface area contributed by atoms with Crippen molar-refractivity contribution in [3.63, 3.8) is 0 Å². The highest BCUT2D eigenvalue weighted by atomic mass is 32.2. The molecular weight excluding hydrogens is 449 g/mol. The third-order valence-electron chi connectivity index (χ3n) is 5.00. The number of carbonyl (C=O) groups excluding carboxylic acids is 1. The van der Waals surface area contributed by atoms with Gasteiger partial charge >= 0.3 is 6.18 Å². The van der Waals surface area contributed by atoms with Crippen LogP contribution in [0, 0.1) is 0 Å². The molecule has 1 aliphatic heterocycles. The largest absolute Gasteiger partial charge is 0.494 e. The van der Waals surface area contributed by atoms with E-state index in [0.717, 1.165) is 41.6 Å². The van der Waals surface area contributed by atoms with Crippen molar-refractivity contribution in [3.8, 4) is 5.75 Å². The number of benzene rings is 2. The number of rotatable bonds is 10. The third-order valence-corrected chi connectivity index (χ3v) is 5.91. The van der Waals surface area contributed by atoms with Crippen molar-refractivity contribution in [2.75, 3.05) is 6.61 Å². The SMILES string of the molecule is CCCCCCCCOc1ccc(/C=C2/SC(=Nc3cccc(C(F)(F)F)c3)NC2=O)cc1. The maximum atomic E-state index is 12.9. The number of alkyl halides is 3. The van der Waals surface area contributed by atoms with Gasteiger partial charge in [0.25, 0.3) is 5.91 Å². The molecule has 1 amide bonds. The Balaban J connectivity index is 1.55. The number of unbranched alkanes of at least 4 members (excludes halogenated alkanes) is 5. The van der Waals surface area contributed by atoms with Crippen LogP contribution in [0.15, 0.2) is 58.4 Å². The lowest BCUT2D eigenvalue weighted by Crippen LogP contribution is -2.19. The van der Waals surface area contributed by atoms with Crippen LogP contribution in [0.4, 0.5) is 18.9 Å². The number of nitrogens with one attached hydrogen (secondary N) is 1. The highest BCUT2D eigenvalue weighted by Gasteiger charge is 2.30. The first kappa shape index (κ1) is 24.9. The molecule has 0 aromatic heterocycles. The van der Waals surface area contributed by atoms with Gasteiger partial charge in [0.05, 0.1) is 22.8 Å². The van der Waals surface area contributed by atoms with Crippen molar-refractivity contribution in [1.82, 2.24) is 5.32 Å². The van der Waals surface area contributed by atoms with Crippen molar-refractivity contribution in [3.05, 3.63) is 64.6 Å². The van der Waals surface area contributed by atoms with E-state index in [1.165, 1.54) is 44.2 Å². The van der Waals surface area contributed by atoms with Gasteiger partial charge in [0.2, 0.25) is 0 Å². The Morgan fingerprint density at radius 3 is 2.48 bits per heavy atom. The van der Waals surface area contributed by atoms with Gasteiger partial charge in [0.15, 0.2) is 5.17 Å². The molecule has 0 unspecified atom stereocenters. The zero-order valence-electron chi connectivity index (χ0n) is 18.5. The molecule has 4 nitrogen and oxygen atoms in total. The van der Waals surface area contributed by atoms with E-state index in [0.29, 0.717) is 11.5 Å². The van der Waals surface area contributed by atoms with Crippen LogP contribution in [0.3, 0.4) is 0 Å². The lowest BCUT2D eigenvalue weighted by atomic mass is 10.1. The Kier molecular flexibility index (Phi) is 9.00. The molecule has 3 rings (SSSR count). The standard InChI is InChI=1S/C25H27F3N2O2S/c1-2-3-4-5-6-7-15-32-21-13-11-18(12-14-21)16-22-23(31)30-24(33-22)29-20-10-8-9-19(17-20)25(26,27)28/h8-14,16-17H,2-7,15H2,1H3,(H,29,30,31)/b22-16+. The fraction of sp³-hybridized carbons (Fsp3) is 0.360. The van der Waals surface area contributed by atoms with Gasteiger partial charge in [-0.25, -0.2) is 4.99 Å². The molecule has 0 saturated carbocycles. The predicted octanol–water partition coefficient (Wildman–Crippen LogP) is 7.34. The summed E-state index contributed by atoms with van der Waals surface area (Å²) >= 11 is 1.09. The number of thioether (sulfide) groups is 1. The number of amides is 1. The molecular formula is C25H27F3N2O2S. The fourth-order valence-electron chi connectivity index (χ4n) is 3.23. The number of halogens is 3. The Hall–Kier alpha value is -2.74. The molecule has 0 spiro atoms. The van der Waals surface area contributed by atoms with Crippen LogP contribution in [0.25, 0.3) is 6.08 Å². The van der Waals surface area contributed by atoms with E-state index >= 15 is 0 Å². The summed E-state index contributed by atoms with van der Waals surface area (Å²) in [6.45, 7) is 2.88. The summed E-state index contributed by atoms with van der Waals surface area (Å²) in [6.07, 6.45) is 4.50. The molecule has 8 heteroatoms. The van der Waals surface area contributed by atoms with Gasteiger partial charge in [-0.15, -0.1) is 0 Å². The van der Waals surface area contributed by atoms with Crippen molar-refractivity contribution in [2.24, 2.45) is 4.99 Å². The topological polar surface area (TPSA) is 50.7 Å². The number of carbonyl (C=O) groups is 1. The van der Waals surface area contributed by atoms with Crippen molar-refractivity contribution >= 4 is 34.6 Å². The summed E-state index contributed by atoms with van der Waals surface area (Å²) in [7, 11) is 0. The Morgan fingerprint density at radius 2 is 1.76 bits per heavy atom. The van der Waals surface area contributed by atoms with Crippen LogP contribution < -0.4 is 10.1 Å². The number of amidine groups is 1. The first-order chi connectivity index (χ1) is 15.8. The summed E-state index contributed by atoms with van der Waals surface area (Å²) in [4.78, 5) is 16.8. The summed E-state index contributed by atoms with van der Waals surface area (Å²) in [6, 6.07) is 12.1. The van der Waals surface area contributed by atoms with Crippen LogP contribution in [0.2, 0.25) is 0 Å². The van der Waals surface area contributed by atoms with Gasteiger partial charge in [0.1, 0.15) is 5.75 Å². The number of hydrogen-bond acceptors (Lipinski definition) is 4. The summed E-state index contributed by atoms with van der Waals surface area (Å²) in [5, 5.41) is 2.83. The minimum Gasteiger partial charge on any atom is -0.494 e. The van der Waals surface area contributed by atoms with Crippen LogP contribution in [0.5, 0.6) is 5.75 Å². The second-order valence-corrected chi connectivity index (χ2v) is 8.75. The average Bonchev–Trinajstić information content (AvgIpc) is 3.12. The molecule has 0 aliphatic carbocycles. The highest BCUT2D eigenvalue weighted by Crippen LogP contribution is 2.33. The maximum absolute atomic E-state index is 12.9. The predicted molar refractivity (Wildman–Crippen MR) is 128 cm³/mol. The summed E-state index contributed by atoms with van der Waals surface area (Å²) in [5.74, 6) is 0.440. The van der Waals surface area contributed by atoms with Gasteiger partial charge in [-0.1, -0.05) is 57.2 Å². The first-order valence-electron chi connectivity index (χ1n) is 11.0. The van der Waals surface area contributed by atoms with E-state index in [2.05, 4.69) is 17.2 Å². The van der Waals surface area contributed by atoms with Gasteiger partial charge in [-0.05, 0) is 60.2 Å². The quantitative estimate of drug-likeness (QED) is 0.288. The molecule has 1 N–H and O–H groups in total. The summed E-state index contributed by atoms with van der Waals surface area (Å²) in [5.41, 5.74) is 0.161. The molecule has 1 saturated heterocycles. The zero-order valence-corrected chi connectivity index (χ0v) is 19.3. The number of nitrogens with zero attached hydrogens (tertiary/aromatic N) is 1. The molecule has 0 radical (unpaired) electrons. The minimum atomic E-state index is -4.45. The minimum absolute atomic E-state index is 0.126. The Labute approximate surface area is 196 Å². The normalized spacial score (nSPS) is 16.4. The average molecular weight is 477 g/mol. The van der Waals surface area contributed by atoms with E-state index < -0.39 is 11.7 Å². The molecule has 2 aromatic rings. The van der Waals surface area contributed by atoms with Gasteiger partial charge < -0.3 is 10.1 Å². The number of hydrogen-bond donors (Lipinski definition) is 1. The smallest absolute Gasteiger partial charge is 0.416 e. The number of ether oxygens (including phenoxy) is 1. The highest BCUT2D eigenvalue weighted by molar-refractivity contribution is 8.18. The monoisotopic (exact) mass is 476 g/mol. The van der Waals surface area contributed by atoms with E-state index in [4.69, 9.17) is 4.74 Å². The van der Waals surface area contributed by atoms with E-state index in [9.17, 15) is 18.0 Å². The second kappa shape index (κ2) is 11.9.